The van der Waals surface area contributed by atoms with Gasteiger partial charge in [-0.05, 0) is 24.4 Å². The number of rotatable bonds is 3. The Morgan fingerprint density at radius 2 is 2.50 bits per heavy atom. The van der Waals surface area contributed by atoms with E-state index >= 15 is 0 Å². The second kappa shape index (κ2) is 5.18. The molecule has 0 radical (unpaired) electrons. The van der Waals surface area contributed by atoms with E-state index in [1.807, 2.05) is 12.1 Å². The van der Waals surface area contributed by atoms with E-state index in [1.54, 1.807) is 12.5 Å². The molecule has 0 amide bonds. The van der Waals surface area contributed by atoms with Crippen LogP contribution in [0.3, 0.4) is 0 Å². The molecule has 0 aliphatic rings. The molecule has 1 aromatic heterocycles. The van der Waals surface area contributed by atoms with Crippen LogP contribution in [-0.2, 0) is 10.8 Å². The predicted molar refractivity (Wildman–Crippen MR) is 64.2 cm³/mol. The van der Waals surface area contributed by atoms with Crippen molar-refractivity contribution >= 4 is 45.7 Å². The normalized spacial score (nSPS) is 12.9. The number of hydrogen-bond acceptors (Lipinski definition) is 4. The summed E-state index contributed by atoms with van der Waals surface area (Å²) in [4.78, 5) is 0.902. The summed E-state index contributed by atoms with van der Waals surface area (Å²) in [5, 5.41) is 3.91. The average Bonchev–Trinajstić information content (AvgIpc) is 2.52. The minimum absolute atomic E-state index is 0.122. The molecule has 0 bridgehead atoms. The van der Waals surface area contributed by atoms with Crippen LogP contribution in [0.15, 0.2) is 21.4 Å². The van der Waals surface area contributed by atoms with Crippen LogP contribution < -0.4 is 11.2 Å². The summed E-state index contributed by atoms with van der Waals surface area (Å²) in [6.07, 6.45) is 3.22. The van der Waals surface area contributed by atoms with Gasteiger partial charge in [0.05, 0.1) is 21.2 Å². The number of nitrogens with one attached hydrogen (secondary N) is 1. The summed E-state index contributed by atoms with van der Waals surface area (Å²) in [7, 11) is -0.936. The van der Waals surface area contributed by atoms with Crippen LogP contribution in [-0.4, -0.2) is 21.8 Å². The van der Waals surface area contributed by atoms with E-state index in [0.717, 1.165) is 9.09 Å². The number of hydrazone groups is 1. The molecule has 0 aliphatic carbocycles. The van der Waals surface area contributed by atoms with Gasteiger partial charge in [-0.2, -0.15) is 5.10 Å². The van der Waals surface area contributed by atoms with E-state index in [9.17, 15) is 4.21 Å². The van der Waals surface area contributed by atoms with Gasteiger partial charge in [-0.25, -0.2) is 0 Å². The predicted octanol–water partition coefficient (Wildman–Crippen LogP) is 0.653. The molecule has 0 aromatic carbocycles. The molecule has 1 atom stereocenters. The van der Waals surface area contributed by atoms with Gasteiger partial charge < -0.3 is 5.73 Å². The molecular formula is C7H9N3OS3. The third kappa shape index (κ3) is 3.52. The van der Waals surface area contributed by atoms with Gasteiger partial charge in [0.1, 0.15) is 0 Å². The fourth-order valence-electron chi connectivity index (χ4n) is 0.718. The lowest BCUT2D eigenvalue weighted by atomic mass is 10.5. The summed E-state index contributed by atoms with van der Waals surface area (Å²) in [5.74, 6) is 0. The molecule has 1 rings (SSSR count). The minimum atomic E-state index is -0.936. The first-order valence-corrected chi connectivity index (χ1v) is 6.39. The maximum atomic E-state index is 11.1. The van der Waals surface area contributed by atoms with Crippen molar-refractivity contribution in [2.75, 3.05) is 6.26 Å². The Morgan fingerprint density at radius 1 is 1.79 bits per heavy atom. The first-order valence-electron chi connectivity index (χ1n) is 3.61. The summed E-state index contributed by atoms with van der Waals surface area (Å²) in [5.41, 5.74) is 7.61. The Morgan fingerprint density at radius 3 is 3.00 bits per heavy atom. The van der Waals surface area contributed by atoms with Gasteiger partial charge >= 0.3 is 0 Å². The van der Waals surface area contributed by atoms with Gasteiger partial charge in [0.2, 0.25) is 0 Å². The summed E-state index contributed by atoms with van der Waals surface area (Å²) >= 11 is 5.98. The molecule has 0 saturated heterocycles. The number of nitrogens with two attached hydrogens (primary N) is 1. The standard InChI is InChI=1S/C7H9N3OS3/c1-14(11)6-3-2-5(13-6)4-9-10-7(8)12/h2-4H,1H3,(H3,8,10,12)/b9-4+/t14-/m0/s1. The Kier molecular flexibility index (Phi) is 4.18. The van der Waals surface area contributed by atoms with Crippen molar-refractivity contribution in [3.05, 3.63) is 17.0 Å². The first kappa shape index (κ1) is 11.3. The Bertz CT molecular complexity index is 385. The lowest BCUT2D eigenvalue weighted by molar-refractivity contribution is 0.688. The summed E-state index contributed by atoms with van der Waals surface area (Å²) in [6, 6.07) is 3.65. The van der Waals surface area contributed by atoms with Crippen molar-refractivity contribution in [2.45, 2.75) is 4.21 Å². The van der Waals surface area contributed by atoms with E-state index in [0.29, 0.717) is 0 Å². The van der Waals surface area contributed by atoms with Gasteiger partial charge in [-0.3, -0.25) is 9.63 Å². The minimum Gasteiger partial charge on any atom is -0.375 e. The van der Waals surface area contributed by atoms with Crippen LogP contribution in [0.4, 0.5) is 0 Å². The fraction of sp³-hybridized carbons (Fsp3) is 0.143. The van der Waals surface area contributed by atoms with E-state index in [-0.39, 0.29) is 5.11 Å². The maximum absolute atomic E-state index is 11.1. The molecule has 3 N–H and O–H groups in total. The summed E-state index contributed by atoms with van der Waals surface area (Å²) < 4.78 is 11.9. The lowest BCUT2D eigenvalue weighted by Gasteiger charge is -1.91. The van der Waals surface area contributed by atoms with Gasteiger partial charge in [0, 0.05) is 11.1 Å². The number of hydrogen-bond donors (Lipinski definition) is 2. The summed E-state index contributed by atoms with van der Waals surface area (Å²) in [6.45, 7) is 0. The quantitative estimate of drug-likeness (QED) is 0.467. The molecule has 4 nitrogen and oxygen atoms in total. The maximum Gasteiger partial charge on any atom is 0.184 e. The molecule has 14 heavy (non-hydrogen) atoms. The molecule has 0 unspecified atom stereocenters. The number of thiophene rings is 1. The van der Waals surface area contributed by atoms with Crippen molar-refractivity contribution in [1.82, 2.24) is 5.43 Å². The molecule has 0 fully saturated rings. The molecular weight excluding hydrogens is 238 g/mol. The van der Waals surface area contributed by atoms with E-state index in [1.165, 1.54) is 11.3 Å². The monoisotopic (exact) mass is 247 g/mol. The third-order valence-electron chi connectivity index (χ3n) is 1.25. The van der Waals surface area contributed by atoms with Gasteiger partial charge in [-0.15, -0.1) is 11.3 Å². The number of thiocarbonyl (C=S) groups is 1. The molecule has 1 aromatic rings. The zero-order chi connectivity index (χ0) is 10.6. The van der Waals surface area contributed by atoms with Crippen molar-refractivity contribution in [2.24, 2.45) is 10.8 Å². The topological polar surface area (TPSA) is 67.5 Å². The number of nitrogens with zero attached hydrogens (tertiary/aromatic N) is 1. The zero-order valence-corrected chi connectivity index (χ0v) is 9.84. The SMILES string of the molecule is C[S@](=O)c1ccc(/C=N/NC(N)=S)s1. The zero-order valence-electron chi connectivity index (χ0n) is 7.39. The highest BCUT2D eigenvalue weighted by molar-refractivity contribution is 7.86. The molecule has 7 heteroatoms. The van der Waals surface area contributed by atoms with Crippen molar-refractivity contribution in [1.29, 1.82) is 0 Å². The van der Waals surface area contributed by atoms with E-state index < -0.39 is 10.8 Å². The molecule has 1 heterocycles. The largest absolute Gasteiger partial charge is 0.375 e. The van der Waals surface area contributed by atoms with Gasteiger partial charge in [0.15, 0.2) is 5.11 Å². The van der Waals surface area contributed by atoms with Crippen LogP contribution in [0.2, 0.25) is 0 Å². The highest BCUT2D eigenvalue weighted by Gasteiger charge is 2.00. The average molecular weight is 247 g/mol. The molecule has 76 valence electrons. The van der Waals surface area contributed by atoms with Gasteiger partial charge in [-0.1, -0.05) is 0 Å². The highest BCUT2D eigenvalue weighted by Crippen LogP contribution is 2.17. The van der Waals surface area contributed by atoms with Crippen LogP contribution >= 0.6 is 23.6 Å². The Hall–Kier alpha value is -0.790. The Balaban J connectivity index is 2.64. The Labute approximate surface area is 93.7 Å². The second-order valence-corrected chi connectivity index (χ2v) is 5.51. The van der Waals surface area contributed by atoms with Crippen LogP contribution in [0.1, 0.15) is 4.88 Å². The van der Waals surface area contributed by atoms with Crippen molar-refractivity contribution < 1.29 is 4.21 Å². The van der Waals surface area contributed by atoms with E-state index in [4.69, 9.17) is 5.73 Å². The second-order valence-electron chi connectivity index (χ2n) is 2.35. The van der Waals surface area contributed by atoms with Crippen LogP contribution in [0, 0.1) is 0 Å². The van der Waals surface area contributed by atoms with Crippen molar-refractivity contribution in [3.63, 3.8) is 0 Å². The van der Waals surface area contributed by atoms with E-state index in [2.05, 4.69) is 22.7 Å². The first-order chi connectivity index (χ1) is 6.59. The lowest BCUT2D eigenvalue weighted by Crippen LogP contribution is -2.23. The van der Waals surface area contributed by atoms with Gasteiger partial charge in [0.25, 0.3) is 0 Å². The van der Waals surface area contributed by atoms with Crippen LogP contribution in [0.25, 0.3) is 0 Å². The molecule has 0 aliphatic heterocycles. The molecule has 0 spiro atoms. The smallest absolute Gasteiger partial charge is 0.184 e. The highest BCUT2D eigenvalue weighted by atomic mass is 32.2. The third-order valence-corrected chi connectivity index (χ3v) is 3.81. The van der Waals surface area contributed by atoms with Crippen molar-refractivity contribution in [3.8, 4) is 0 Å². The van der Waals surface area contributed by atoms with Crippen LogP contribution in [0.5, 0.6) is 0 Å². The fourth-order valence-corrected chi connectivity index (χ4v) is 2.40. The molecule has 0 saturated carbocycles.